The van der Waals surface area contributed by atoms with E-state index < -0.39 is 0 Å². The average Bonchev–Trinajstić information content (AvgIpc) is 2.71. The first-order valence-electron chi connectivity index (χ1n) is 6.67. The molecule has 2 rings (SSSR count). The fraction of sp³-hybridized carbons (Fsp3) is 0.467. The highest BCUT2D eigenvalue weighted by molar-refractivity contribution is 6.28. The minimum absolute atomic E-state index is 0.132. The van der Waals surface area contributed by atoms with Gasteiger partial charge in [-0.15, -0.1) is 10.2 Å². The van der Waals surface area contributed by atoms with Gasteiger partial charge in [0.05, 0.1) is 11.8 Å². The van der Waals surface area contributed by atoms with Gasteiger partial charge in [0.25, 0.3) is 0 Å². The summed E-state index contributed by atoms with van der Waals surface area (Å²) in [5.74, 6) is 1.67. The number of hydrogen-bond acceptors (Lipinski definition) is 3. The summed E-state index contributed by atoms with van der Waals surface area (Å²) in [6, 6.07) is 7.78. The van der Waals surface area contributed by atoms with Gasteiger partial charge in [-0.1, -0.05) is 20.8 Å². The lowest BCUT2D eigenvalue weighted by atomic mass is 9.95. The molecule has 1 aromatic heterocycles. The fourth-order valence-electron chi connectivity index (χ4n) is 1.93. The molecule has 2 aromatic rings. The van der Waals surface area contributed by atoms with Gasteiger partial charge in [0.15, 0.2) is 0 Å². The van der Waals surface area contributed by atoms with Gasteiger partial charge < -0.3 is 4.74 Å². The maximum absolute atomic E-state index is 6.17. The van der Waals surface area contributed by atoms with Crippen LogP contribution < -0.4 is 4.74 Å². The molecule has 108 valence electrons. The van der Waals surface area contributed by atoms with Crippen LogP contribution in [0, 0.1) is 0 Å². The zero-order valence-electron chi connectivity index (χ0n) is 12.5. The van der Waals surface area contributed by atoms with Crippen molar-refractivity contribution in [1.82, 2.24) is 14.8 Å². The first-order valence-corrected chi connectivity index (χ1v) is 7.05. The highest BCUT2D eigenvalue weighted by atomic mass is 35.5. The Morgan fingerprint density at radius 2 is 1.70 bits per heavy atom. The second-order valence-electron chi connectivity index (χ2n) is 6.04. The van der Waals surface area contributed by atoms with Crippen molar-refractivity contribution >= 4 is 11.6 Å². The third-order valence-electron chi connectivity index (χ3n) is 2.76. The van der Waals surface area contributed by atoms with E-state index in [1.54, 1.807) is 0 Å². The van der Waals surface area contributed by atoms with Crippen LogP contribution in [0.25, 0.3) is 5.69 Å². The number of rotatable bonds is 3. The van der Waals surface area contributed by atoms with Crippen molar-refractivity contribution in [3.63, 3.8) is 0 Å². The van der Waals surface area contributed by atoms with Crippen LogP contribution in [-0.2, 0) is 5.41 Å². The number of halogens is 1. The third kappa shape index (κ3) is 3.12. The molecule has 0 amide bonds. The molecule has 20 heavy (non-hydrogen) atoms. The SMILES string of the molecule is CC(C)Oc1ccc(-n2c(Cl)nnc2C(C)(C)C)cc1. The fourth-order valence-corrected chi connectivity index (χ4v) is 2.14. The lowest BCUT2D eigenvalue weighted by molar-refractivity contribution is 0.242. The smallest absolute Gasteiger partial charge is 0.229 e. The van der Waals surface area contributed by atoms with E-state index in [1.165, 1.54) is 0 Å². The third-order valence-corrected chi connectivity index (χ3v) is 3.01. The van der Waals surface area contributed by atoms with E-state index in [1.807, 2.05) is 42.7 Å². The van der Waals surface area contributed by atoms with Crippen molar-refractivity contribution in [3.05, 3.63) is 35.4 Å². The van der Waals surface area contributed by atoms with Gasteiger partial charge in [-0.05, 0) is 49.7 Å². The number of nitrogens with zero attached hydrogens (tertiary/aromatic N) is 3. The zero-order valence-corrected chi connectivity index (χ0v) is 13.3. The molecule has 0 aliphatic rings. The molecule has 0 spiro atoms. The first-order chi connectivity index (χ1) is 9.29. The summed E-state index contributed by atoms with van der Waals surface area (Å²) in [5, 5.41) is 8.53. The Hall–Kier alpha value is -1.55. The van der Waals surface area contributed by atoms with Crippen LogP contribution in [-0.4, -0.2) is 20.9 Å². The van der Waals surface area contributed by atoms with E-state index in [0.29, 0.717) is 5.28 Å². The van der Waals surface area contributed by atoms with Crippen molar-refractivity contribution in [1.29, 1.82) is 0 Å². The summed E-state index contributed by atoms with van der Waals surface area (Å²) in [5.41, 5.74) is 0.800. The minimum Gasteiger partial charge on any atom is -0.491 e. The molecule has 0 bridgehead atoms. The zero-order chi connectivity index (χ0) is 14.9. The van der Waals surface area contributed by atoms with Gasteiger partial charge >= 0.3 is 0 Å². The lowest BCUT2D eigenvalue weighted by Crippen LogP contribution is -2.18. The predicted octanol–water partition coefficient (Wildman–Crippen LogP) is 4.01. The number of aromatic nitrogens is 3. The van der Waals surface area contributed by atoms with E-state index >= 15 is 0 Å². The molecule has 0 saturated carbocycles. The molecule has 4 nitrogen and oxygen atoms in total. The Balaban J connectivity index is 2.40. The van der Waals surface area contributed by atoms with Crippen LogP contribution in [0.4, 0.5) is 0 Å². The summed E-state index contributed by atoms with van der Waals surface area (Å²) < 4.78 is 7.50. The van der Waals surface area contributed by atoms with E-state index in [-0.39, 0.29) is 11.5 Å². The van der Waals surface area contributed by atoms with Crippen LogP contribution in [0.5, 0.6) is 5.75 Å². The number of benzene rings is 1. The topological polar surface area (TPSA) is 39.9 Å². The molecule has 1 heterocycles. The molecule has 0 fully saturated rings. The normalized spacial score (nSPS) is 11.9. The van der Waals surface area contributed by atoms with Crippen molar-refractivity contribution in [2.24, 2.45) is 0 Å². The molecule has 0 N–H and O–H groups in total. The Morgan fingerprint density at radius 1 is 1.10 bits per heavy atom. The van der Waals surface area contributed by atoms with Crippen LogP contribution >= 0.6 is 11.6 Å². The molecule has 1 aromatic carbocycles. The minimum atomic E-state index is -0.132. The molecule has 0 saturated heterocycles. The standard InChI is InChI=1S/C15H20ClN3O/c1-10(2)20-12-8-6-11(7-9-12)19-13(15(3,4)5)17-18-14(19)16/h6-10H,1-5H3. The molecular weight excluding hydrogens is 274 g/mol. The van der Waals surface area contributed by atoms with Gasteiger partial charge in [-0.2, -0.15) is 0 Å². The van der Waals surface area contributed by atoms with Crippen molar-refractivity contribution in [2.75, 3.05) is 0 Å². The predicted molar refractivity (Wildman–Crippen MR) is 80.8 cm³/mol. The van der Waals surface area contributed by atoms with Crippen LogP contribution in [0.2, 0.25) is 5.28 Å². The summed E-state index contributed by atoms with van der Waals surface area (Å²) in [6.07, 6.45) is 0.157. The Kier molecular flexibility index (Phi) is 4.04. The molecule has 0 unspecified atom stereocenters. The summed E-state index contributed by atoms with van der Waals surface area (Å²) in [4.78, 5) is 0. The molecule has 0 aliphatic heterocycles. The lowest BCUT2D eigenvalue weighted by Gasteiger charge is -2.19. The molecular formula is C15H20ClN3O. The first kappa shape index (κ1) is 14.9. The van der Waals surface area contributed by atoms with Crippen molar-refractivity contribution in [2.45, 2.75) is 46.1 Å². The van der Waals surface area contributed by atoms with Crippen LogP contribution in [0.1, 0.15) is 40.4 Å². The summed E-state index contributed by atoms with van der Waals surface area (Å²) in [6.45, 7) is 10.3. The summed E-state index contributed by atoms with van der Waals surface area (Å²) >= 11 is 6.17. The Bertz CT molecular complexity index is 582. The highest BCUT2D eigenvalue weighted by Gasteiger charge is 2.24. The van der Waals surface area contributed by atoms with Crippen molar-refractivity contribution in [3.8, 4) is 11.4 Å². The van der Waals surface area contributed by atoms with Gasteiger partial charge in [-0.3, -0.25) is 4.57 Å². The average molecular weight is 294 g/mol. The second kappa shape index (κ2) is 5.44. The highest BCUT2D eigenvalue weighted by Crippen LogP contribution is 2.27. The van der Waals surface area contributed by atoms with Crippen LogP contribution in [0.3, 0.4) is 0 Å². The quantitative estimate of drug-likeness (QED) is 0.858. The number of ether oxygens (including phenoxy) is 1. The maximum Gasteiger partial charge on any atom is 0.229 e. The molecule has 5 heteroatoms. The molecule has 0 aliphatic carbocycles. The van der Waals surface area contributed by atoms with E-state index in [4.69, 9.17) is 16.3 Å². The van der Waals surface area contributed by atoms with Gasteiger partial charge in [0.2, 0.25) is 5.28 Å². The van der Waals surface area contributed by atoms with Gasteiger partial charge in [0.1, 0.15) is 11.6 Å². The van der Waals surface area contributed by atoms with E-state index in [2.05, 4.69) is 31.0 Å². The molecule has 0 radical (unpaired) electrons. The van der Waals surface area contributed by atoms with E-state index in [0.717, 1.165) is 17.3 Å². The largest absolute Gasteiger partial charge is 0.491 e. The molecule has 0 atom stereocenters. The Morgan fingerprint density at radius 3 is 2.20 bits per heavy atom. The van der Waals surface area contributed by atoms with Gasteiger partial charge in [0, 0.05) is 5.41 Å². The monoisotopic (exact) mass is 293 g/mol. The number of hydrogen-bond donors (Lipinski definition) is 0. The van der Waals surface area contributed by atoms with Crippen molar-refractivity contribution < 1.29 is 4.74 Å². The van der Waals surface area contributed by atoms with Gasteiger partial charge in [-0.25, -0.2) is 0 Å². The maximum atomic E-state index is 6.17. The second-order valence-corrected chi connectivity index (χ2v) is 6.38. The Labute approximate surface area is 124 Å². The van der Waals surface area contributed by atoms with Crippen LogP contribution in [0.15, 0.2) is 24.3 Å². The summed E-state index contributed by atoms with van der Waals surface area (Å²) in [7, 11) is 0. The van der Waals surface area contributed by atoms with E-state index in [9.17, 15) is 0 Å².